The first-order valence-corrected chi connectivity index (χ1v) is 8.07. The number of hydrogen-bond donors (Lipinski definition) is 1. The normalized spacial score (nSPS) is 19.8. The molecule has 0 spiro atoms. The summed E-state index contributed by atoms with van der Waals surface area (Å²) < 4.78 is 0. The summed E-state index contributed by atoms with van der Waals surface area (Å²) in [5.41, 5.74) is 0.872. The lowest BCUT2D eigenvalue weighted by molar-refractivity contribution is 0.162. The highest BCUT2D eigenvalue weighted by molar-refractivity contribution is 6.32. The molecule has 112 valence electrons. The van der Waals surface area contributed by atoms with Crippen molar-refractivity contribution in [1.29, 1.82) is 0 Å². The predicted octanol–water partition coefficient (Wildman–Crippen LogP) is 3.60. The van der Waals surface area contributed by atoms with E-state index in [0.29, 0.717) is 22.1 Å². The Labute approximate surface area is 131 Å². The van der Waals surface area contributed by atoms with Gasteiger partial charge in [-0.1, -0.05) is 23.2 Å². The maximum Gasteiger partial charge on any atom is 0.129 e. The van der Waals surface area contributed by atoms with Crippen LogP contribution in [0.25, 0.3) is 0 Å². The topological polar surface area (TPSA) is 28.2 Å². The molecule has 2 rings (SSSR count). The number of hydrogen-bond acceptors (Lipinski definition) is 3. The summed E-state index contributed by atoms with van der Waals surface area (Å²) in [4.78, 5) is 6.80. The maximum absolute atomic E-state index is 6.23. The number of nitrogens with one attached hydrogen (secondary N) is 1. The molecule has 1 aliphatic rings. The molecule has 1 atom stereocenters. The first-order chi connectivity index (χ1) is 9.56. The Morgan fingerprint density at radius 1 is 1.40 bits per heavy atom. The molecule has 1 aliphatic heterocycles. The predicted molar refractivity (Wildman–Crippen MR) is 85.4 cm³/mol. The molecule has 0 saturated carbocycles. The number of halogens is 2. The van der Waals surface area contributed by atoms with Crippen LogP contribution >= 0.6 is 23.2 Å². The van der Waals surface area contributed by atoms with Crippen molar-refractivity contribution in [3.8, 4) is 0 Å². The SMILES string of the molecule is CC(C)N(Cc1nc(Cl)ccc1Cl)CC1CCCNC1. The van der Waals surface area contributed by atoms with Gasteiger partial charge in [-0.05, 0) is 57.8 Å². The molecule has 5 heteroatoms. The third-order valence-corrected chi connectivity index (χ3v) is 4.41. The van der Waals surface area contributed by atoms with Crippen molar-refractivity contribution in [1.82, 2.24) is 15.2 Å². The molecule has 1 N–H and O–H groups in total. The van der Waals surface area contributed by atoms with E-state index < -0.39 is 0 Å². The largest absolute Gasteiger partial charge is 0.316 e. The quantitative estimate of drug-likeness (QED) is 0.841. The van der Waals surface area contributed by atoms with Crippen LogP contribution < -0.4 is 5.32 Å². The van der Waals surface area contributed by atoms with E-state index in [2.05, 4.69) is 29.0 Å². The summed E-state index contributed by atoms with van der Waals surface area (Å²) >= 11 is 12.2. The van der Waals surface area contributed by atoms with Crippen LogP contribution in [0.4, 0.5) is 0 Å². The Balaban J connectivity index is 2.02. The van der Waals surface area contributed by atoms with Crippen molar-refractivity contribution in [3.63, 3.8) is 0 Å². The van der Waals surface area contributed by atoms with Gasteiger partial charge >= 0.3 is 0 Å². The van der Waals surface area contributed by atoms with Gasteiger partial charge in [-0.3, -0.25) is 4.90 Å². The fourth-order valence-corrected chi connectivity index (χ4v) is 2.96. The lowest BCUT2D eigenvalue weighted by atomic mass is 9.98. The highest BCUT2D eigenvalue weighted by atomic mass is 35.5. The summed E-state index contributed by atoms with van der Waals surface area (Å²) in [6.07, 6.45) is 2.57. The van der Waals surface area contributed by atoms with Gasteiger partial charge < -0.3 is 5.32 Å². The van der Waals surface area contributed by atoms with Crippen molar-refractivity contribution >= 4 is 23.2 Å². The van der Waals surface area contributed by atoms with Gasteiger partial charge in [0.15, 0.2) is 0 Å². The van der Waals surface area contributed by atoms with Crippen LogP contribution in [0.1, 0.15) is 32.4 Å². The van der Waals surface area contributed by atoms with Crippen LogP contribution in [-0.2, 0) is 6.54 Å². The first-order valence-electron chi connectivity index (χ1n) is 7.32. The molecule has 1 aromatic heterocycles. The summed E-state index contributed by atoms with van der Waals surface area (Å²) in [5, 5.41) is 4.68. The minimum Gasteiger partial charge on any atom is -0.316 e. The Morgan fingerprint density at radius 2 is 2.20 bits per heavy atom. The van der Waals surface area contributed by atoms with E-state index in [4.69, 9.17) is 23.2 Å². The molecule has 2 heterocycles. The molecule has 3 nitrogen and oxygen atoms in total. The second-order valence-electron chi connectivity index (χ2n) is 5.80. The number of pyridine rings is 1. The zero-order valence-electron chi connectivity index (χ0n) is 12.2. The van der Waals surface area contributed by atoms with Gasteiger partial charge in [-0.25, -0.2) is 4.98 Å². The van der Waals surface area contributed by atoms with Crippen LogP contribution in [0.15, 0.2) is 12.1 Å². The van der Waals surface area contributed by atoms with Gasteiger partial charge in [0.25, 0.3) is 0 Å². The highest BCUT2D eigenvalue weighted by Gasteiger charge is 2.20. The molecule has 0 bridgehead atoms. The van der Waals surface area contributed by atoms with E-state index in [1.807, 2.05) is 6.07 Å². The minimum absolute atomic E-state index is 0.466. The van der Waals surface area contributed by atoms with Crippen LogP contribution in [0.2, 0.25) is 10.2 Å². The lowest BCUT2D eigenvalue weighted by Crippen LogP contribution is -2.41. The minimum atomic E-state index is 0.466. The Kier molecular flexibility index (Phi) is 6.09. The third kappa shape index (κ3) is 4.59. The molecule has 1 aromatic rings. The summed E-state index contributed by atoms with van der Waals surface area (Å²) in [6.45, 7) is 8.53. The van der Waals surface area contributed by atoms with Gasteiger partial charge in [0.1, 0.15) is 5.15 Å². The van der Waals surface area contributed by atoms with Crippen molar-refractivity contribution in [2.24, 2.45) is 5.92 Å². The zero-order valence-corrected chi connectivity index (χ0v) is 13.7. The number of piperidine rings is 1. The smallest absolute Gasteiger partial charge is 0.129 e. The van der Waals surface area contributed by atoms with E-state index in [0.717, 1.165) is 31.9 Å². The monoisotopic (exact) mass is 315 g/mol. The second kappa shape index (κ2) is 7.60. The molecule has 0 aromatic carbocycles. The van der Waals surface area contributed by atoms with Crippen LogP contribution in [0.3, 0.4) is 0 Å². The molecular formula is C15H23Cl2N3. The zero-order chi connectivity index (χ0) is 14.5. The van der Waals surface area contributed by atoms with Gasteiger partial charge in [0, 0.05) is 19.1 Å². The highest BCUT2D eigenvalue weighted by Crippen LogP contribution is 2.21. The molecule has 1 saturated heterocycles. The number of nitrogens with zero attached hydrogens (tertiary/aromatic N) is 2. The fraction of sp³-hybridized carbons (Fsp3) is 0.667. The lowest BCUT2D eigenvalue weighted by Gasteiger charge is -2.32. The average Bonchev–Trinajstić information content (AvgIpc) is 2.43. The second-order valence-corrected chi connectivity index (χ2v) is 6.59. The Hall–Kier alpha value is -0.350. The van der Waals surface area contributed by atoms with E-state index >= 15 is 0 Å². The van der Waals surface area contributed by atoms with E-state index in [-0.39, 0.29) is 0 Å². The summed E-state index contributed by atoms with van der Waals surface area (Å²) in [7, 11) is 0. The Morgan fingerprint density at radius 3 is 2.85 bits per heavy atom. The van der Waals surface area contributed by atoms with Crippen LogP contribution in [-0.4, -0.2) is 35.6 Å². The van der Waals surface area contributed by atoms with Crippen molar-refractivity contribution in [2.75, 3.05) is 19.6 Å². The van der Waals surface area contributed by atoms with Gasteiger partial charge in [-0.15, -0.1) is 0 Å². The molecule has 0 radical (unpaired) electrons. The van der Waals surface area contributed by atoms with Crippen LogP contribution in [0.5, 0.6) is 0 Å². The molecular weight excluding hydrogens is 293 g/mol. The van der Waals surface area contributed by atoms with Crippen LogP contribution in [0, 0.1) is 5.92 Å². The van der Waals surface area contributed by atoms with Gasteiger partial charge in [0.2, 0.25) is 0 Å². The van der Waals surface area contributed by atoms with E-state index in [1.54, 1.807) is 6.07 Å². The summed E-state index contributed by atoms with van der Waals surface area (Å²) in [6, 6.07) is 4.03. The molecule has 20 heavy (non-hydrogen) atoms. The van der Waals surface area contributed by atoms with Crippen molar-refractivity contribution in [3.05, 3.63) is 28.0 Å². The first kappa shape index (κ1) is 16.0. The van der Waals surface area contributed by atoms with Gasteiger partial charge in [-0.2, -0.15) is 0 Å². The van der Waals surface area contributed by atoms with E-state index in [9.17, 15) is 0 Å². The Bertz CT molecular complexity index is 431. The number of rotatable bonds is 5. The maximum atomic E-state index is 6.23. The van der Waals surface area contributed by atoms with Gasteiger partial charge in [0.05, 0.1) is 10.7 Å². The van der Waals surface area contributed by atoms with Crippen molar-refractivity contribution in [2.45, 2.75) is 39.3 Å². The molecule has 1 fully saturated rings. The third-order valence-electron chi connectivity index (χ3n) is 3.86. The molecule has 0 amide bonds. The number of aromatic nitrogens is 1. The molecule has 0 aliphatic carbocycles. The standard InChI is InChI=1S/C15H23Cl2N3/c1-11(2)20(9-12-4-3-7-18-8-12)10-14-13(16)5-6-15(17)19-14/h5-6,11-12,18H,3-4,7-10H2,1-2H3. The van der Waals surface area contributed by atoms with E-state index in [1.165, 1.54) is 12.8 Å². The average molecular weight is 316 g/mol. The fourth-order valence-electron chi connectivity index (χ4n) is 2.63. The molecule has 1 unspecified atom stereocenters. The summed E-state index contributed by atoms with van der Waals surface area (Å²) in [5.74, 6) is 0.712. The van der Waals surface area contributed by atoms with Crippen molar-refractivity contribution < 1.29 is 0 Å².